The zero-order valence-corrected chi connectivity index (χ0v) is 13.4. The van der Waals surface area contributed by atoms with Crippen molar-refractivity contribution in [3.63, 3.8) is 0 Å². The number of aryl methyl sites for hydroxylation is 1. The fourth-order valence-corrected chi connectivity index (χ4v) is 3.93. The van der Waals surface area contributed by atoms with Gasteiger partial charge in [0.2, 0.25) is 0 Å². The average molecular weight is 287 g/mol. The minimum absolute atomic E-state index is 0.209. The molecule has 1 aromatic rings. The predicted molar refractivity (Wildman–Crippen MR) is 87.6 cm³/mol. The maximum Gasteiger partial charge on any atom is 0.0684 e. The second-order valence-corrected chi connectivity index (χ2v) is 7.13. The van der Waals surface area contributed by atoms with E-state index in [-0.39, 0.29) is 11.0 Å². The fraction of sp³-hybridized carbons (Fsp3) is 0.684. The number of methoxy groups -OCH3 is 1. The molecule has 2 aliphatic carbocycles. The van der Waals surface area contributed by atoms with Crippen molar-refractivity contribution in [2.45, 2.75) is 68.8 Å². The molecule has 0 atom stereocenters. The number of nitrogens with two attached hydrogens (primary N) is 1. The van der Waals surface area contributed by atoms with Crippen LogP contribution in [-0.2, 0) is 16.6 Å². The highest BCUT2D eigenvalue weighted by molar-refractivity contribution is 5.30. The van der Waals surface area contributed by atoms with E-state index >= 15 is 0 Å². The van der Waals surface area contributed by atoms with Crippen LogP contribution in [0.25, 0.3) is 0 Å². The van der Waals surface area contributed by atoms with Gasteiger partial charge in [-0.2, -0.15) is 0 Å². The van der Waals surface area contributed by atoms with Gasteiger partial charge in [-0.3, -0.25) is 0 Å². The van der Waals surface area contributed by atoms with Crippen LogP contribution in [0.4, 0.5) is 0 Å². The number of benzene rings is 1. The summed E-state index contributed by atoms with van der Waals surface area (Å²) in [5.41, 5.74) is 9.49. The van der Waals surface area contributed by atoms with Crippen molar-refractivity contribution in [2.24, 2.45) is 5.73 Å². The van der Waals surface area contributed by atoms with Crippen molar-refractivity contribution >= 4 is 0 Å². The normalized spacial score (nSPS) is 23.0. The third-order valence-electron chi connectivity index (χ3n) is 5.88. The molecule has 2 nitrogen and oxygen atoms in total. The molecule has 21 heavy (non-hydrogen) atoms. The van der Waals surface area contributed by atoms with Crippen molar-refractivity contribution in [3.8, 4) is 0 Å². The smallest absolute Gasteiger partial charge is 0.0684 e. The first-order chi connectivity index (χ1) is 10.2. The van der Waals surface area contributed by atoms with Gasteiger partial charge in [0, 0.05) is 19.1 Å². The molecule has 0 heterocycles. The molecular weight excluding hydrogens is 258 g/mol. The van der Waals surface area contributed by atoms with Crippen molar-refractivity contribution < 1.29 is 4.74 Å². The number of hydrogen-bond donors (Lipinski definition) is 1. The lowest BCUT2D eigenvalue weighted by molar-refractivity contribution is 0.0731. The molecule has 2 fully saturated rings. The molecule has 116 valence electrons. The summed E-state index contributed by atoms with van der Waals surface area (Å²) < 4.78 is 5.61. The average Bonchev–Trinajstić information content (AvgIpc) is 3.35. The van der Waals surface area contributed by atoms with Crippen LogP contribution in [0.3, 0.4) is 0 Å². The van der Waals surface area contributed by atoms with E-state index in [9.17, 15) is 0 Å². The Balaban J connectivity index is 1.65. The van der Waals surface area contributed by atoms with Crippen molar-refractivity contribution in [3.05, 3.63) is 35.4 Å². The third-order valence-corrected chi connectivity index (χ3v) is 5.88. The van der Waals surface area contributed by atoms with Gasteiger partial charge in [0.05, 0.1) is 5.60 Å². The van der Waals surface area contributed by atoms with E-state index in [4.69, 9.17) is 10.5 Å². The van der Waals surface area contributed by atoms with Crippen LogP contribution >= 0.6 is 0 Å². The minimum Gasteiger partial charge on any atom is -0.378 e. The molecule has 0 radical (unpaired) electrons. The Labute approximate surface area is 129 Å². The summed E-state index contributed by atoms with van der Waals surface area (Å²) in [7, 11) is 1.85. The molecule has 0 bridgehead atoms. The molecule has 2 N–H and O–H groups in total. The minimum atomic E-state index is 0.209. The molecule has 1 aromatic carbocycles. The molecule has 0 unspecified atom stereocenters. The quantitative estimate of drug-likeness (QED) is 0.859. The highest BCUT2D eigenvalue weighted by Crippen LogP contribution is 2.43. The van der Waals surface area contributed by atoms with Crippen LogP contribution in [0.1, 0.15) is 62.5 Å². The van der Waals surface area contributed by atoms with Gasteiger partial charge < -0.3 is 10.5 Å². The lowest BCUT2D eigenvalue weighted by Crippen LogP contribution is -2.37. The van der Waals surface area contributed by atoms with E-state index in [0.717, 1.165) is 19.4 Å². The summed E-state index contributed by atoms with van der Waals surface area (Å²) in [6.45, 7) is 0.791. The Morgan fingerprint density at radius 3 is 2.19 bits per heavy atom. The van der Waals surface area contributed by atoms with Crippen molar-refractivity contribution in [2.75, 3.05) is 13.7 Å². The maximum absolute atomic E-state index is 6.13. The van der Waals surface area contributed by atoms with Gasteiger partial charge in [-0.05, 0) is 49.7 Å². The lowest BCUT2D eigenvalue weighted by Gasteiger charge is -2.37. The largest absolute Gasteiger partial charge is 0.378 e. The molecule has 2 saturated carbocycles. The van der Waals surface area contributed by atoms with Crippen LogP contribution in [0.15, 0.2) is 24.3 Å². The SMILES string of the molecule is COC1(CCc2ccc(C3(CN)CCCCC3)cc2)CC1. The fourth-order valence-electron chi connectivity index (χ4n) is 3.93. The summed E-state index contributed by atoms with van der Waals surface area (Å²) in [5, 5.41) is 0. The number of hydrogen-bond acceptors (Lipinski definition) is 2. The monoisotopic (exact) mass is 287 g/mol. The lowest BCUT2D eigenvalue weighted by atomic mass is 9.69. The van der Waals surface area contributed by atoms with Gasteiger partial charge >= 0.3 is 0 Å². The molecule has 2 heteroatoms. The standard InChI is InChI=1S/C19H29NO/c1-21-19(13-14-19)12-9-16-5-7-17(8-6-16)18(15-20)10-3-2-4-11-18/h5-8H,2-4,9-15,20H2,1H3. The number of ether oxygens (including phenoxy) is 1. The molecule has 0 amide bonds. The van der Waals surface area contributed by atoms with E-state index < -0.39 is 0 Å². The Bertz CT molecular complexity index is 455. The molecule has 3 rings (SSSR count). The summed E-state index contributed by atoms with van der Waals surface area (Å²) in [6, 6.07) is 9.29. The second-order valence-electron chi connectivity index (χ2n) is 7.13. The zero-order chi connectivity index (χ0) is 14.8. The summed E-state index contributed by atoms with van der Waals surface area (Å²) in [4.78, 5) is 0. The van der Waals surface area contributed by atoms with Crippen LogP contribution in [0.5, 0.6) is 0 Å². The first-order valence-electron chi connectivity index (χ1n) is 8.57. The zero-order valence-electron chi connectivity index (χ0n) is 13.4. The van der Waals surface area contributed by atoms with Crippen molar-refractivity contribution in [1.29, 1.82) is 0 Å². The van der Waals surface area contributed by atoms with E-state index in [1.807, 2.05) is 7.11 Å². The van der Waals surface area contributed by atoms with Gasteiger partial charge in [-0.15, -0.1) is 0 Å². The van der Waals surface area contributed by atoms with E-state index in [1.54, 1.807) is 0 Å². The molecule has 0 aliphatic heterocycles. The van der Waals surface area contributed by atoms with Gasteiger partial charge in [0.1, 0.15) is 0 Å². The molecule has 0 saturated heterocycles. The van der Waals surface area contributed by atoms with Crippen LogP contribution in [-0.4, -0.2) is 19.3 Å². The summed E-state index contributed by atoms with van der Waals surface area (Å²) >= 11 is 0. The first-order valence-corrected chi connectivity index (χ1v) is 8.57. The Morgan fingerprint density at radius 1 is 1.00 bits per heavy atom. The highest BCUT2D eigenvalue weighted by Gasteiger charge is 2.42. The summed E-state index contributed by atoms with van der Waals surface area (Å²) in [6.07, 6.45) is 11.3. The van der Waals surface area contributed by atoms with E-state index in [0.29, 0.717) is 0 Å². The topological polar surface area (TPSA) is 35.2 Å². The Kier molecular flexibility index (Phi) is 4.37. The van der Waals surface area contributed by atoms with Gasteiger partial charge in [0.25, 0.3) is 0 Å². The molecular formula is C19H29NO. The van der Waals surface area contributed by atoms with Gasteiger partial charge in [0.15, 0.2) is 0 Å². The molecule has 0 aromatic heterocycles. The van der Waals surface area contributed by atoms with Gasteiger partial charge in [-0.1, -0.05) is 43.5 Å². The molecule has 0 spiro atoms. The first kappa shape index (κ1) is 15.1. The van der Waals surface area contributed by atoms with Gasteiger partial charge in [-0.25, -0.2) is 0 Å². The van der Waals surface area contributed by atoms with Crippen LogP contribution in [0.2, 0.25) is 0 Å². The predicted octanol–water partition coefficient (Wildman–Crippen LogP) is 3.96. The van der Waals surface area contributed by atoms with Crippen LogP contribution < -0.4 is 5.73 Å². The van der Waals surface area contributed by atoms with Crippen LogP contribution in [0, 0.1) is 0 Å². The molecule has 2 aliphatic rings. The summed E-state index contributed by atoms with van der Waals surface area (Å²) in [5.74, 6) is 0. The van der Waals surface area contributed by atoms with E-state index in [1.165, 1.54) is 56.1 Å². The highest BCUT2D eigenvalue weighted by atomic mass is 16.5. The second kappa shape index (κ2) is 6.10. The Morgan fingerprint density at radius 2 is 1.67 bits per heavy atom. The van der Waals surface area contributed by atoms with Crippen molar-refractivity contribution in [1.82, 2.24) is 0 Å². The number of rotatable bonds is 6. The third kappa shape index (κ3) is 3.17. The maximum atomic E-state index is 6.13. The van der Waals surface area contributed by atoms with E-state index in [2.05, 4.69) is 24.3 Å². The Hall–Kier alpha value is -0.860.